The Morgan fingerprint density at radius 3 is 2.47 bits per heavy atom. The molecule has 4 heteroatoms. The molecule has 1 N–H and O–H groups in total. The molecule has 4 nitrogen and oxygen atoms in total. The highest BCUT2D eigenvalue weighted by Crippen LogP contribution is 2.53. The molecule has 0 atom stereocenters. The minimum atomic E-state index is -0.688. The first-order valence-corrected chi connectivity index (χ1v) is 7.79. The monoisotopic (exact) mass is 263 g/mol. The highest BCUT2D eigenvalue weighted by molar-refractivity contribution is 5.11. The van der Waals surface area contributed by atoms with Crippen LogP contribution in [0.15, 0.2) is 6.20 Å². The number of rotatable bonds is 3. The van der Waals surface area contributed by atoms with Crippen molar-refractivity contribution >= 4 is 0 Å². The van der Waals surface area contributed by atoms with Gasteiger partial charge in [-0.25, -0.2) is 4.68 Å². The molecule has 0 radical (unpaired) electrons. The smallest absolute Gasteiger partial charge is 0.108 e. The molecule has 0 bridgehead atoms. The van der Waals surface area contributed by atoms with Crippen molar-refractivity contribution in [2.24, 2.45) is 5.41 Å². The molecular formula is C15H25N3O. The molecule has 0 unspecified atom stereocenters. The van der Waals surface area contributed by atoms with E-state index in [4.69, 9.17) is 0 Å². The highest BCUT2D eigenvalue weighted by atomic mass is 16.3. The molecule has 0 aromatic carbocycles. The van der Waals surface area contributed by atoms with E-state index in [-0.39, 0.29) is 0 Å². The van der Waals surface area contributed by atoms with Crippen molar-refractivity contribution in [3.63, 3.8) is 0 Å². The fourth-order valence-corrected chi connectivity index (χ4v) is 4.07. The Morgan fingerprint density at radius 1 is 1.16 bits per heavy atom. The molecule has 1 aromatic heterocycles. The lowest BCUT2D eigenvalue weighted by Crippen LogP contribution is -2.37. The first-order chi connectivity index (χ1) is 9.18. The first kappa shape index (κ1) is 13.1. The van der Waals surface area contributed by atoms with E-state index in [1.807, 2.05) is 4.68 Å². The fourth-order valence-electron chi connectivity index (χ4n) is 4.07. The molecule has 2 fully saturated rings. The van der Waals surface area contributed by atoms with Crippen molar-refractivity contribution in [3.8, 4) is 0 Å². The zero-order valence-corrected chi connectivity index (χ0v) is 11.9. The van der Waals surface area contributed by atoms with Gasteiger partial charge in [0.15, 0.2) is 0 Å². The molecule has 1 aromatic rings. The molecule has 106 valence electrons. The molecule has 0 saturated heterocycles. The average Bonchev–Trinajstić information content (AvgIpc) is 3.04. The maximum Gasteiger partial charge on any atom is 0.108 e. The third kappa shape index (κ3) is 2.31. The lowest BCUT2D eigenvalue weighted by molar-refractivity contribution is -0.0441. The summed E-state index contributed by atoms with van der Waals surface area (Å²) in [7, 11) is 0. The van der Waals surface area contributed by atoms with Crippen molar-refractivity contribution in [2.75, 3.05) is 0 Å². The van der Waals surface area contributed by atoms with Gasteiger partial charge in [0.1, 0.15) is 5.60 Å². The number of hydrogen-bond acceptors (Lipinski definition) is 3. The number of aromatic nitrogens is 3. The summed E-state index contributed by atoms with van der Waals surface area (Å²) in [6, 6.07) is 0. The van der Waals surface area contributed by atoms with E-state index < -0.39 is 5.60 Å². The normalized spacial score (nSPS) is 24.9. The third-order valence-corrected chi connectivity index (χ3v) is 5.33. The van der Waals surface area contributed by atoms with Gasteiger partial charge in [0.05, 0.1) is 11.9 Å². The van der Waals surface area contributed by atoms with E-state index in [9.17, 15) is 5.11 Å². The molecule has 2 aliphatic carbocycles. The van der Waals surface area contributed by atoms with E-state index in [0.29, 0.717) is 5.41 Å². The van der Waals surface area contributed by atoms with Crippen LogP contribution in [0.3, 0.4) is 0 Å². The van der Waals surface area contributed by atoms with Gasteiger partial charge in [-0.2, -0.15) is 0 Å². The summed E-state index contributed by atoms with van der Waals surface area (Å²) in [5.41, 5.74) is 0.795. The second-order valence-electron chi connectivity index (χ2n) is 6.58. The molecule has 2 aliphatic rings. The van der Waals surface area contributed by atoms with E-state index in [0.717, 1.165) is 31.5 Å². The summed E-state index contributed by atoms with van der Waals surface area (Å²) in [6.07, 6.45) is 12.4. The van der Waals surface area contributed by atoms with Crippen molar-refractivity contribution in [2.45, 2.75) is 76.9 Å². The number of hydrogen-bond donors (Lipinski definition) is 1. The molecular weight excluding hydrogens is 238 g/mol. The summed E-state index contributed by atoms with van der Waals surface area (Å²) in [5, 5.41) is 19.1. The summed E-state index contributed by atoms with van der Waals surface area (Å²) < 4.78 is 1.90. The van der Waals surface area contributed by atoms with Crippen LogP contribution in [0.2, 0.25) is 0 Å². The predicted molar refractivity (Wildman–Crippen MR) is 73.6 cm³/mol. The lowest BCUT2D eigenvalue weighted by Gasteiger charge is -2.42. The molecule has 1 heterocycles. The molecule has 1 spiro atoms. The molecule has 3 rings (SSSR count). The Kier molecular flexibility index (Phi) is 3.37. The minimum Gasteiger partial charge on any atom is -0.384 e. The van der Waals surface area contributed by atoms with Gasteiger partial charge in [-0.05, 0) is 50.4 Å². The van der Waals surface area contributed by atoms with Crippen LogP contribution in [0, 0.1) is 5.41 Å². The SMILES string of the molecule is CCCn1nncc1C1(O)CCC2(CCCC2)CC1. The van der Waals surface area contributed by atoms with E-state index in [1.54, 1.807) is 6.20 Å². The zero-order valence-electron chi connectivity index (χ0n) is 11.9. The number of nitrogens with zero attached hydrogens (tertiary/aromatic N) is 3. The molecule has 2 saturated carbocycles. The number of aliphatic hydroxyl groups is 1. The maximum absolute atomic E-state index is 11.0. The molecule has 19 heavy (non-hydrogen) atoms. The van der Waals surface area contributed by atoms with Crippen LogP contribution in [0.25, 0.3) is 0 Å². The Morgan fingerprint density at radius 2 is 1.84 bits per heavy atom. The van der Waals surface area contributed by atoms with Crippen LogP contribution < -0.4 is 0 Å². The van der Waals surface area contributed by atoms with E-state index in [2.05, 4.69) is 17.2 Å². The Balaban J connectivity index is 1.75. The van der Waals surface area contributed by atoms with Gasteiger partial charge in [0.25, 0.3) is 0 Å². The van der Waals surface area contributed by atoms with Crippen LogP contribution in [-0.4, -0.2) is 20.1 Å². The van der Waals surface area contributed by atoms with Gasteiger partial charge in [-0.15, -0.1) is 5.10 Å². The van der Waals surface area contributed by atoms with E-state index in [1.165, 1.54) is 38.5 Å². The standard InChI is InChI=1S/C15H25N3O/c1-2-11-18-13(12-16-17-18)15(19)9-7-14(8-10-15)5-3-4-6-14/h12,19H,2-11H2,1H3. The van der Waals surface area contributed by atoms with Crippen LogP contribution >= 0.6 is 0 Å². The van der Waals surface area contributed by atoms with Crippen LogP contribution in [0.1, 0.15) is 70.4 Å². The number of aryl methyl sites for hydroxylation is 1. The van der Waals surface area contributed by atoms with Crippen molar-refractivity contribution in [3.05, 3.63) is 11.9 Å². The van der Waals surface area contributed by atoms with E-state index >= 15 is 0 Å². The van der Waals surface area contributed by atoms with Gasteiger partial charge >= 0.3 is 0 Å². The summed E-state index contributed by atoms with van der Waals surface area (Å²) in [4.78, 5) is 0. The van der Waals surface area contributed by atoms with Crippen molar-refractivity contribution in [1.29, 1.82) is 0 Å². The predicted octanol–water partition coefficient (Wildman–Crippen LogP) is 3.01. The topological polar surface area (TPSA) is 50.9 Å². The Bertz CT molecular complexity index is 424. The summed E-state index contributed by atoms with van der Waals surface area (Å²) >= 11 is 0. The van der Waals surface area contributed by atoms with Crippen LogP contribution in [-0.2, 0) is 12.1 Å². The van der Waals surface area contributed by atoms with Gasteiger partial charge < -0.3 is 5.11 Å². The van der Waals surface area contributed by atoms with Gasteiger partial charge in [0, 0.05) is 6.54 Å². The lowest BCUT2D eigenvalue weighted by atomic mass is 9.67. The second-order valence-corrected chi connectivity index (χ2v) is 6.58. The maximum atomic E-state index is 11.0. The van der Waals surface area contributed by atoms with Crippen molar-refractivity contribution in [1.82, 2.24) is 15.0 Å². The fraction of sp³-hybridized carbons (Fsp3) is 0.867. The van der Waals surface area contributed by atoms with Crippen molar-refractivity contribution < 1.29 is 5.11 Å². The van der Waals surface area contributed by atoms with Crippen LogP contribution in [0.5, 0.6) is 0 Å². The Hall–Kier alpha value is -0.900. The minimum absolute atomic E-state index is 0.551. The zero-order chi connectivity index (χ0) is 13.3. The van der Waals surface area contributed by atoms with Gasteiger partial charge in [0.2, 0.25) is 0 Å². The van der Waals surface area contributed by atoms with Gasteiger partial charge in [-0.1, -0.05) is 25.0 Å². The quantitative estimate of drug-likeness (QED) is 0.912. The summed E-state index contributed by atoms with van der Waals surface area (Å²) in [6.45, 7) is 2.98. The molecule has 0 aliphatic heterocycles. The largest absolute Gasteiger partial charge is 0.384 e. The van der Waals surface area contributed by atoms with Gasteiger partial charge in [-0.3, -0.25) is 0 Å². The Labute approximate surface area is 115 Å². The first-order valence-electron chi connectivity index (χ1n) is 7.79. The third-order valence-electron chi connectivity index (χ3n) is 5.33. The average molecular weight is 263 g/mol. The summed E-state index contributed by atoms with van der Waals surface area (Å²) in [5.74, 6) is 0. The van der Waals surface area contributed by atoms with Crippen LogP contribution in [0.4, 0.5) is 0 Å². The molecule has 0 amide bonds. The highest BCUT2D eigenvalue weighted by Gasteiger charge is 2.45. The second kappa shape index (κ2) is 4.89.